The first-order valence-electron chi connectivity index (χ1n) is 5.04. The smallest absolute Gasteiger partial charge is 0.115 e. The highest BCUT2D eigenvalue weighted by Gasteiger charge is 2.16. The van der Waals surface area contributed by atoms with Gasteiger partial charge < -0.3 is 10.2 Å². The fraction of sp³-hybridized carbons (Fsp3) is 0.500. The minimum atomic E-state index is -0.592. The van der Waals surface area contributed by atoms with E-state index >= 15 is 0 Å². The molecule has 78 valence electrons. The zero-order valence-corrected chi connectivity index (χ0v) is 8.83. The van der Waals surface area contributed by atoms with Crippen LogP contribution >= 0.6 is 0 Å². The molecule has 0 aliphatic carbocycles. The van der Waals surface area contributed by atoms with Crippen molar-refractivity contribution < 1.29 is 10.2 Å². The van der Waals surface area contributed by atoms with Gasteiger partial charge in [-0.05, 0) is 43.9 Å². The number of phenolic OH excluding ortho intramolecular Hbond substituents is 1. The van der Waals surface area contributed by atoms with Crippen LogP contribution < -0.4 is 0 Å². The molecule has 14 heavy (non-hydrogen) atoms. The Hall–Kier alpha value is -1.02. The van der Waals surface area contributed by atoms with Gasteiger partial charge in [0.2, 0.25) is 0 Å². The van der Waals surface area contributed by atoms with Crippen molar-refractivity contribution >= 4 is 0 Å². The van der Waals surface area contributed by atoms with Crippen molar-refractivity contribution in [3.05, 3.63) is 29.8 Å². The lowest BCUT2D eigenvalue weighted by atomic mass is 9.94. The minimum absolute atomic E-state index is 0.290. The van der Waals surface area contributed by atoms with E-state index in [-0.39, 0.29) is 0 Å². The summed E-state index contributed by atoms with van der Waals surface area (Å²) in [4.78, 5) is 0. The van der Waals surface area contributed by atoms with Crippen molar-refractivity contribution in [3.63, 3.8) is 0 Å². The molecule has 0 bridgehead atoms. The molecule has 1 aromatic rings. The molecule has 0 amide bonds. The van der Waals surface area contributed by atoms with Gasteiger partial charge in [-0.3, -0.25) is 0 Å². The molecular formula is C12H18O2. The Labute approximate surface area is 85.2 Å². The molecule has 1 unspecified atom stereocenters. The number of aromatic hydroxyl groups is 1. The summed E-state index contributed by atoms with van der Waals surface area (Å²) in [6, 6.07) is 7.18. The van der Waals surface area contributed by atoms with E-state index in [4.69, 9.17) is 0 Å². The standard InChI is InChI=1S/C12H18O2/c1-3-12(2,14)8-7-10-5-4-6-11(13)9-10/h4-6,9,13-14H,3,7-8H2,1-2H3. The van der Waals surface area contributed by atoms with Crippen LogP contribution in [0.3, 0.4) is 0 Å². The largest absolute Gasteiger partial charge is 0.508 e. The lowest BCUT2D eigenvalue weighted by molar-refractivity contribution is 0.0473. The number of aliphatic hydroxyl groups is 1. The summed E-state index contributed by atoms with van der Waals surface area (Å²) in [5.41, 5.74) is 0.476. The summed E-state index contributed by atoms with van der Waals surface area (Å²) >= 11 is 0. The number of hydrogen-bond acceptors (Lipinski definition) is 2. The average Bonchev–Trinajstić information content (AvgIpc) is 2.15. The third-order valence-electron chi connectivity index (χ3n) is 2.62. The molecule has 0 aliphatic heterocycles. The molecule has 0 radical (unpaired) electrons. The van der Waals surface area contributed by atoms with Crippen molar-refractivity contribution in [1.29, 1.82) is 0 Å². The molecule has 0 fully saturated rings. The van der Waals surface area contributed by atoms with Gasteiger partial charge in [0, 0.05) is 0 Å². The van der Waals surface area contributed by atoms with Crippen molar-refractivity contribution in [2.75, 3.05) is 0 Å². The van der Waals surface area contributed by atoms with Crippen LogP contribution in [0.5, 0.6) is 5.75 Å². The van der Waals surface area contributed by atoms with E-state index in [1.54, 1.807) is 12.1 Å². The number of hydrogen-bond donors (Lipinski definition) is 2. The van der Waals surface area contributed by atoms with E-state index in [0.717, 1.165) is 24.8 Å². The van der Waals surface area contributed by atoms with Gasteiger partial charge in [-0.2, -0.15) is 0 Å². The highest BCUT2D eigenvalue weighted by molar-refractivity contribution is 5.27. The Morgan fingerprint density at radius 2 is 2.07 bits per heavy atom. The second kappa shape index (κ2) is 4.47. The minimum Gasteiger partial charge on any atom is -0.508 e. The zero-order chi connectivity index (χ0) is 10.6. The van der Waals surface area contributed by atoms with Crippen molar-refractivity contribution in [2.45, 2.75) is 38.7 Å². The molecule has 0 saturated heterocycles. The van der Waals surface area contributed by atoms with Gasteiger partial charge in [-0.15, -0.1) is 0 Å². The third kappa shape index (κ3) is 3.38. The van der Waals surface area contributed by atoms with Crippen LogP contribution in [0.15, 0.2) is 24.3 Å². The van der Waals surface area contributed by atoms with E-state index in [1.807, 2.05) is 26.0 Å². The Bertz CT molecular complexity index is 292. The van der Waals surface area contributed by atoms with Crippen LogP contribution in [0.4, 0.5) is 0 Å². The van der Waals surface area contributed by atoms with Crippen LogP contribution in [0.2, 0.25) is 0 Å². The van der Waals surface area contributed by atoms with Gasteiger partial charge in [0.05, 0.1) is 5.60 Å². The molecule has 2 N–H and O–H groups in total. The molecule has 1 rings (SSSR count). The van der Waals surface area contributed by atoms with Crippen LogP contribution in [-0.2, 0) is 6.42 Å². The SMILES string of the molecule is CCC(C)(O)CCc1cccc(O)c1. The van der Waals surface area contributed by atoms with Gasteiger partial charge in [-0.25, -0.2) is 0 Å². The maximum Gasteiger partial charge on any atom is 0.115 e. The molecule has 0 spiro atoms. The topological polar surface area (TPSA) is 40.5 Å². The fourth-order valence-corrected chi connectivity index (χ4v) is 1.30. The predicted octanol–water partition coefficient (Wildman–Crippen LogP) is 2.49. The monoisotopic (exact) mass is 194 g/mol. The van der Waals surface area contributed by atoms with Crippen LogP contribution in [-0.4, -0.2) is 15.8 Å². The highest BCUT2D eigenvalue weighted by atomic mass is 16.3. The van der Waals surface area contributed by atoms with Gasteiger partial charge in [0.15, 0.2) is 0 Å². The maximum absolute atomic E-state index is 9.79. The molecule has 1 atom stereocenters. The quantitative estimate of drug-likeness (QED) is 0.773. The van der Waals surface area contributed by atoms with E-state index in [2.05, 4.69) is 0 Å². The van der Waals surface area contributed by atoms with Crippen molar-refractivity contribution in [2.24, 2.45) is 0 Å². The second-order valence-electron chi connectivity index (χ2n) is 4.02. The van der Waals surface area contributed by atoms with Crippen LogP contribution in [0.1, 0.15) is 32.3 Å². The normalized spacial score (nSPS) is 15.1. The van der Waals surface area contributed by atoms with Gasteiger partial charge >= 0.3 is 0 Å². The Balaban J connectivity index is 2.54. The van der Waals surface area contributed by atoms with Gasteiger partial charge in [-0.1, -0.05) is 19.1 Å². The highest BCUT2D eigenvalue weighted by Crippen LogP contribution is 2.19. The van der Waals surface area contributed by atoms with Gasteiger partial charge in [0.25, 0.3) is 0 Å². The first kappa shape index (κ1) is 11.1. The number of rotatable bonds is 4. The zero-order valence-electron chi connectivity index (χ0n) is 8.83. The second-order valence-corrected chi connectivity index (χ2v) is 4.02. The summed E-state index contributed by atoms with van der Waals surface area (Å²) < 4.78 is 0. The molecule has 0 aliphatic rings. The summed E-state index contributed by atoms with van der Waals surface area (Å²) in [5, 5.41) is 19.0. The van der Waals surface area contributed by atoms with Crippen molar-refractivity contribution in [3.8, 4) is 5.75 Å². The molecule has 2 heteroatoms. The number of benzene rings is 1. The summed E-state index contributed by atoms with van der Waals surface area (Å²) in [7, 11) is 0. The molecule has 0 heterocycles. The fourth-order valence-electron chi connectivity index (χ4n) is 1.30. The molecular weight excluding hydrogens is 176 g/mol. The van der Waals surface area contributed by atoms with Crippen LogP contribution in [0.25, 0.3) is 0 Å². The first-order chi connectivity index (χ1) is 6.53. The molecule has 1 aromatic carbocycles. The number of phenols is 1. The van der Waals surface area contributed by atoms with E-state index in [0.29, 0.717) is 5.75 Å². The summed E-state index contributed by atoms with van der Waals surface area (Å²) in [6.45, 7) is 3.82. The van der Waals surface area contributed by atoms with E-state index < -0.39 is 5.60 Å². The molecule has 2 nitrogen and oxygen atoms in total. The van der Waals surface area contributed by atoms with E-state index in [9.17, 15) is 10.2 Å². The Kier molecular flexibility index (Phi) is 3.53. The van der Waals surface area contributed by atoms with E-state index in [1.165, 1.54) is 0 Å². The van der Waals surface area contributed by atoms with Gasteiger partial charge in [0.1, 0.15) is 5.75 Å². The predicted molar refractivity (Wildman–Crippen MR) is 57.3 cm³/mol. The third-order valence-corrected chi connectivity index (χ3v) is 2.62. The number of aryl methyl sites for hydroxylation is 1. The first-order valence-corrected chi connectivity index (χ1v) is 5.04. The Morgan fingerprint density at radius 1 is 1.36 bits per heavy atom. The molecule has 0 saturated carbocycles. The summed E-state index contributed by atoms with van der Waals surface area (Å²) in [6.07, 6.45) is 2.29. The van der Waals surface area contributed by atoms with Crippen molar-refractivity contribution in [1.82, 2.24) is 0 Å². The lowest BCUT2D eigenvalue weighted by Crippen LogP contribution is -2.23. The van der Waals surface area contributed by atoms with Crippen LogP contribution in [0, 0.1) is 0 Å². The lowest BCUT2D eigenvalue weighted by Gasteiger charge is -2.20. The maximum atomic E-state index is 9.79. The molecule has 0 aromatic heterocycles. The summed E-state index contributed by atoms with van der Waals surface area (Å²) in [5.74, 6) is 0.290. The Morgan fingerprint density at radius 3 is 2.64 bits per heavy atom. The average molecular weight is 194 g/mol.